The number of imidazole rings is 1. The normalized spacial score (nSPS) is 12.7. The smallest absolute Gasteiger partial charge is 0.141 e. The van der Waals surface area contributed by atoms with Gasteiger partial charge in [0.05, 0.1) is 11.0 Å². The summed E-state index contributed by atoms with van der Waals surface area (Å²) < 4.78 is 2.25. The van der Waals surface area contributed by atoms with Gasteiger partial charge in [0.1, 0.15) is 5.82 Å². The number of hydrogen-bond acceptors (Lipinski definition) is 2. The lowest BCUT2D eigenvalue weighted by molar-refractivity contribution is 0.551. The summed E-state index contributed by atoms with van der Waals surface area (Å²) in [5, 5.41) is 0. The molecule has 0 fully saturated rings. The summed E-state index contributed by atoms with van der Waals surface area (Å²) in [5.74, 6) is 1.00. The average Bonchev–Trinajstić information content (AvgIpc) is 2.86. The molecule has 3 heteroatoms. The van der Waals surface area contributed by atoms with Crippen molar-refractivity contribution in [1.29, 1.82) is 0 Å². The van der Waals surface area contributed by atoms with Gasteiger partial charge < -0.3 is 10.3 Å². The van der Waals surface area contributed by atoms with Gasteiger partial charge in [0.25, 0.3) is 0 Å². The Morgan fingerprint density at radius 2 is 1.95 bits per heavy atom. The second-order valence-corrected chi connectivity index (χ2v) is 5.57. The van der Waals surface area contributed by atoms with Gasteiger partial charge in [-0.1, -0.05) is 42.8 Å². The largest absolute Gasteiger partial charge is 0.326 e. The van der Waals surface area contributed by atoms with Crippen LogP contribution < -0.4 is 5.73 Å². The maximum atomic E-state index is 6.18. The van der Waals surface area contributed by atoms with Gasteiger partial charge in [0.2, 0.25) is 0 Å². The summed E-state index contributed by atoms with van der Waals surface area (Å²) in [6.07, 6.45) is 0.958. The van der Waals surface area contributed by atoms with Crippen LogP contribution in [0.5, 0.6) is 0 Å². The zero-order valence-electron chi connectivity index (χ0n) is 12.6. The lowest BCUT2D eigenvalue weighted by Gasteiger charge is -2.14. The first-order valence-electron chi connectivity index (χ1n) is 7.47. The van der Waals surface area contributed by atoms with Gasteiger partial charge in [0, 0.05) is 18.2 Å². The van der Waals surface area contributed by atoms with Crippen molar-refractivity contribution < 1.29 is 0 Å². The van der Waals surface area contributed by atoms with Gasteiger partial charge in [-0.3, -0.25) is 0 Å². The Morgan fingerprint density at radius 3 is 2.71 bits per heavy atom. The van der Waals surface area contributed by atoms with E-state index < -0.39 is 0 Å². The molecule has 1 unspecified atom stereocenters. The predicted octanol–water partition coefficient (Wildman–Crippen LogP) is 3.75. The lowest BCUT2D eigenvalue weighted by atomic mass is 10.1. The monoisotopic (exact) mass is 279 g/mol. The van der Waals surface area contributed by atoms with Crippen LogP contribution in [0.15, 0.2) is 48.5 Å². The Balaban J connectivity index is 2.18. The molecule has 1 heterocycles. The van der Waals surface area contributed by atoms with Crippen LogP contribution in [0.1, 0.15) is 18.9 Å². The molecule has 108 valence electrons. The Morgan fingerprint density at radius 1 is 1.14 bits per heavy atom. The summed E-state index contributed by atoms with van der Waals surface area (Å²) in [6.45, 7) is 5.02. The van der Waals surface area contributed by atoms with Crippen LogP contribution in [0, 0.1) is 6.92 Å². The minimum absolute atomic E-state index is 0.145. The Bertz CT molecular complexity index is 758. The van der Waals surface area contributed by atoms with Crippen molar-refractivity contribution >= 4 is 11.0 Å². The standard InChI is InChI=1S/C18H21N3/c1-3-15(19)12-21-17-10-5-4-9-16(17)20-18(21)14-8-6-7-13(2)11-14/h4-11,15H,3,12,19H2,1-2H3. The van der Waals surface area contributed by atoms with Gasteiger partial charge in [-0.15, -0.1) is 0 Å². The summed E-state index contributed by atoms with van der Waals surface area (Å²) in [6, 6.07) is 16.9. The third-order valence-corrected chi connectivity index (χ3v) is 3.87. The molecule has 0 saturated carbocycles. The fraction of sp³-hybridized carbons (Fsp3) is 0.278. The molecule has 3 aromatic rings. The number of nitrogens with zero attached hydrogens (tertiary/aromatic N) is 2. The van der Waals surface area contributed by atoms with E-state index in [0.717, 1.165) is 35.4 Å². The molecule has 2 aromatic carbocycles. The summed E-state index contributed by atoms with van der Waals surface area (Å²) in [7, 11) is 0. The summed E-state index contributed by atoms with van der Waals surface area (Å²) in [4.78, 5) is 4.82. The number of hydrogen-bond donors (Lipinski definition) is 1. The number of fused-ring (bicyclic) bond motifs is 1. The van der Waals surface area contributed by atoms with Crippen LogP contribution in [0.3, 0.4) is 0 Å². The second kappa shape index (κ2) is 5.70. The fourth-order valence-corrected chi connectivity index (χ4v) is 2.63. The van der Waals surface area contributed by atoms with Gasteiger partial charge in [-0.25, -0.2) is 4.98 Å². The van der Waals surface area contributed by atoms with Crippen LogP contribution in [0.4, 0.5) is 0 Å². The number of para-hydroxylation sites is 2. The summed E-state index contributed by atoms with van der Waals surface area (Å²) >= 11 is 0. The maximum absolute atomic E-state index is 6.18. The van der Waals surface area contributed by atoms with Crippen molar-refractivity contribution in [3.63, 3.8) is 0 Å². The predicted molar refractivity (Wildman–Crippen MR) is 88.2 cm³/mol. The third-order valence-electron chi connectivity index (χ3n) is 3.87. The molecule has 0 saturated heterocycles. The Kier molecular flexibility index (Phi) is 3.76. The minimum Gasteiger partial charge on any atom is -0.326 e. The molecule has 0 bridgehead atoms. The van der Waals surface area contributed by atoms with E-state index in [2.05, 4.69) is 60.9 Å². The van der Waals surface area contributed by atoms with Crippen molar-refractivity contribution in [2.45, 2.75) is 32.9 Å². The van der Waals surface area contributed by atoms with Gasteiger partial charge >= 0.3 is 0 Å². The van der Waals surface area contributed by atoms with Gasteiger partial charge in [0.15, 0.2) is 0 Å². The van der Waals surface area contributed by atoms with Crippen molar-refractivity contribution in [2.75, 3.05) is 0 Å². The topological polar surface area (TPSA) is 43.8 Å². The van der Waals surface area contributed by atoms with Crippen molar-refractivity contribution in [3.8, 4) is 11.4 Å². The molecule has 0 aliphatic heterocycles. The number of aryl methyl sites for hydroxylation is 1. The van der Waals surface area contributed by atoms with E-state index in [0.29, 0.717) is 0 Å². The zero-order chi connectivity index (χ0) is 14.8. The number of rotatable bonds is 4. The highest BCUT2D eigenvalue weighted by atomic mass is 15.1. The van der Waals surface area contributed by atoms with E-state index in [-0.39, 0.29) is 6.04 Å². The van der Waals surface area contributed by atoms with E-state index in [1.165, 1.54) is 5.56 Å². The molecule has 3 nitrogen and oxygen atoms in total. The quantitative estimate of drug-likeness (QED) is 0.790. The van der Waals surface area contributed by atoms with E-state index in [1.807, 2.05) is 6.07 Å². The maximum Gasteiger partial charge on any atom is 0.141 e. The van der Waals surface area contributed by atoms with E-state index in [9.17, 15) is 0 Å². The van der Waals surface area contributed by atoms with Crippen LogP contribution in [0.25, 0.3) is 22.4 Å². The highest BCUT2D eigenvalue weighted by Gasteiger charge is 2.14. The van der Waals surface area contributed by atoms with Crippen LogP contribution >= 0.6 is 0 Å². The summed E-state index contributed by atoms with van der Waals surface area (Å²) in [5.41, 5.74) is 10.7. The van der Waals surface area contributed by atoms with Crippen molar-refractivity contribution in [1.82, 2.24) is 9.55 Å². The molecule has 3 rings (SSSR count). The van der Waals surface area contributed by atoms with Crippen molar-refractivity contribution in [3.05, 3.63) is 54.1 Å². The number of nitrogens with two attached hydrogens (primary N) is 1. The molecule has 2 N–H and O–H groups in total. The van der Waals surface area contributed by atoms with E-state index >= 15 is 0 Å². The van der Waals surface area contributed by atoms with Crippen LogP contribution in [0.2, 0.25) is 0 Å². The highest BCUT2D eigenvalue weighted by Crippen LogP contribution is 2.25. The molecule has 21 heavy (non-hydrogen) atoms. The number of aromatic nitrogens is 2. The molecule has 1 atom stereocenters. The molecule has 0 radical (unpaired) electrons. The minimum atomic E-state index is 0.145. The van der Waals surface area contributed by atoms with Crippen LogP contribution in [-0.2, 0) is 6.54 Å². The first-order chi connectivity index (χ1) is 10.2. The molecule has 0 spiro atoms. The molecule has 0 aliphatic carbocycles. The molecular formula is C18H21N3. The average molecular weight is 279 g/mol. The molecule has 0 aliphatic rings. The first-order valence-corrected chi connectivity index (χ1v) is 7.47. The van der Waals surface area contributed by atoms with Gasteiger partial charge in [-0.05, 0) is 31.5 Å². The molecule has 1 aromatic heterocycles. The second-order valence-electron chi connectivity index (χ2n) is 5.57. The lowest BCUT2D eigenvalue weighted by Crippen LogP contribution is -2.25. The van der Waals surface area contributed by atoms with Crippen LogP contribution in [-0.4, -0.2) is 15.6 Å². The zero-order valence-corrected chi connectivity index (χ0v) is 12.6. The van der Waals surface area contributed by atoms with Gasteiger partial charge in [-0.2, -0.15) is 0 Å². The third kappa shape index (κ3) is 2.69. The Labute approximate surface area is 125 Å². The van der Waals surface area contributed by atoms with E-state index in [4.69, 9.17) is 10.7 Å². The molecule has 0 amide bonds. The molecular weight excluding hydrogens is 258 g/mol. The highest BCUT2D eigenvalue weighted by molar-refractivity contribution is 5.80. The van der Waals surface area contributed by atoms with Crippen molar-refractivity contribution in [2.24, 2.45) is 5.73 Å². The fourth-order valence-electron chi connectivity index (χ4n) is 2.63. The Hall–Kier alpha value is -2.13. The van der Waals surface area contributed by atoms with E-state index in [1.54, 1.807) is 0 Å². The first kappa shape index (κ1) is 13.8. The SMILES string of the molecule is CCC(N)Cn1c(-c2cccc(C)c2)nc2ccccc21. The number of benzene rings is 2.